The SMILES string of the molecule is COCCNCc1cc(Br)c(OCc2ccc3c(c2)OCO3)c(OC)c1.Cl. The van der Waals surface area contributed by atoms with Crippen LogP contribution in [-0.2, 0) is 17.9 Å². The third-order valence-electron chi connectivity index (χ3n) is 3.92. The molecule has 2 aromatic carbocycles. The van der Waals surface area contributed by atoms with Crippen molar-refractivity contribution < 1.29 is 23.7 Å². The third-order valence-corrected chi connectivity index (χ3v) is 4.51. The molecule has 0 aliphatic carbocycles. The molecule has 0 aromatic heterocycles. The number of nitrogens with one attached hydrogen (secondary N) is 1. The Morgan fingerprint density at radius 1 is 1.07 bits per heavy atom. The van der Waals surface area contributed by atoms with E-state index in [1.165, 1.54) is 0 Å². The third kappa shape index (κ3) is 5.65. The molecule has 0 saturated carbocycles. The molecule has 1 heterocycles. The van der Waals surface area contributed by atoms with Gasteiger partial charge in [-0.3, -0.25) is 0 Å². The lowest BCUT2D eigenvalue weighted by Crippen LogP contribution is -2.18. The highest BCUT2D eigenvalue weighted by Crippen LogP contribution is 2.38. The number of hydrogen-bond acceptors (Lipinski definition) is 6. The lowest BCUT2D eigenvalue weighted by atomic mass is 10.2. The molecule has 0 unspecified atom stereocenters. The van der Waals surface area contributed by atoms with Gasteiger partial charge < -0.3 is 29.0 Å². The van der Waals surface area contributed by atoms with Crippen LogP contribution in [0.15, 0.2) is 34.8 Å². The van der Waals surface area contributed by atoms with Crippen molar-refractivity contribution in [3.8, 4) is 23.0 Å². The molecule has 27 heavy (non-hydrogen) atoms. The summed E-state index contributed by atoms with van der Waals surface area (Å²) >= 11 is 3.58. The summed E-state index contributed by atoms with van der Waals surface area (Å²) in [6, 6.07) is 9.78. The molecular weight excluding hydrogens is 438 g/mol. The fourth-order valence-corrected chi connectivity index (χ4v) is 3.21. The first-order valence-electron chi connectivity index (χ1n) is 8.28. The Labute approximate surface area is 173 Å². The van der Waals surface area contributed by atoms with Gasteiger partial charge in [-0.15, -0.1) is 12.4 Å². The summed E-state index contributed by atoms with van der Waals surface area (Å²) in [5.41, 5.74) is 2.09. The van der Waals surface area contributed by atoms with Crippen molar-refractivity contribution in [1.82, 2.24) is 5.32 Å². The second-order valence-electron chi connectivity index (χ2n) is 5.75. The number of fused-ring (bicyclic) bond motifs is 1. The summed E-state index contributed by atoms with van der Waals surface area (Å²) in [5.74, 6) is 2.86. The molecule has 0 saturated heterocycles. The van der Waals surface area contributed by atoms with E-state index in [1.807, 2.05) is 30.3 Å². The van der Waals surface area contributed by atoms with E-state index in [1.54, 1.807) is 14.2 Å². The molecule has 1 aliphatic heterocycles. The molecule has 3 rings (SSSR count). The quantitative estimate of drug-likeness (QED) is 0.572. The zero-order valence-corrected chi connectivity index (χ0v) is 17.7. The molecule has 0 radical (unpaired) electrons. The van der Waals surface area contributed by atoms with Crippen molar-refractivity contribution in [1.29, 1.82) is 0 Å². The molecule has 0 bridgehead atoms. The van der Waals surface area contributed by atoms with Gasteiger partial charge in [-0.05, 0) is 51.3 Å². The molecule has 0 fully saturated rings. The van der Waals surface area contributed by atoms with Gasteiger partial charge in [-0.2, -0.15) is 0 Å². The molecular formula is C19H23BrClNO5. The zero-order chi connectivity index (χ0) is 18.4. The minimum absolute atomic E-state index is 0. The normalized spacial score (nSPS) is 11.8. The zero-order valence-electron chi connectivity index (χ0n) is 15.2. The van der Waals surface area contributed by atoms with Crippen molar-refractivity contribution >= 4 is 28.3 Å². The minimum atomic E-state index is 0. The molecule has 1 aliphatic rings. The molecule has 2 aromatic rings. The number of hydrogen-bond donors (Lipinski definition) is 1. The average molecular weight is 461 g/mol. The number of rotatable bonds is 9. The lowest BCUT2D eigenvalue weighted by Gasteiger charge is -2.15. The molecule has 0 spiro atoms. The van der Waals surface area contributed by atoms with E-state index in [-0.39, 0.29) is 19.2 Å². The topological polar surface area (TPSA) is 58.2 Å². The number of benzene rings is 2. The summed E-state index contributed by atoms with van der Waals surface area (Å²) in [4.78, 5) is 0. The highest BCUT2D eigenvalue weighted by atomic mass is 79.9. The highest BCUT2D eigenvalue weighted by Gasteiger charge is 2.15. The van der Waals surface area contributed by atoms with Crippen LogP contribution in [0.3, 0.4) is 0 Å². The second-order valence-corrected chi connectivity index (χ2v) is 6.61. The standard InChI is InChI=1S/C19H22BrNO5.ClH/c1-22-6-5-21-10-14-7-15(20)19(18(9-14)23-2)24-11-13-3-4-16-17(8-13)26-12-25-16;/h3-4,7-9,21H,5-6,10-12H2,1-2H3;1H. The van der Waals surface area contributed by atoms with Gasteiger partial charge in [0.25, 0.3) is 0 Å². The number of ether oxygens (including phenoxy) is 5. The maximum absolute atomic E-state index is 5.99. The first kappa shape index (κ1) is 21.6. The Kier molecular flexibility index (Phi) is 8.50. The molecule has 1 N–H and O–H groups in total. The van der Waals surface area contributed by atoms with Crippen molar-refractivity contribution in [2.24, 2.45) is 0 Å². The van der Waals surface area contributed by atoms with Crippen LogP contribution in [0.5, 0.6) is 23.0 Å². The first-order valence-corrected chi connectivity index (χ1v) is 9.08. The van der Waals surface area contributed by atoms with Gasteiger partial charge in [0.1, 0.15) is 6.61 Å². The number of halogens is 2. The Morgan fingerprint density at radius 2 is 1.89 bits per heavy atom. The summed E-state index contributed by atoms with van der Waals surface area (Å²) < 4.78 is 28.1. The van der Waals surface area contributed by atoms with Crippen LogP contribution in [0.1, 0.15) is 11.1 Å². The Hall–Kier alpha value is -1.67. The maximum atomic E-state index is 5.99. The van der Waals surface area contributed by atoms with Gasteiger partial charge in [-0.1, -0.05) is 6.07 Å². The predicted molar refractivity (Wildman–Crippen MR) is 108 cm³/mol. The number of methoxy groups -OCH3 is 2. The Balaban J connectivity index is 0.00000261. The summed E-state index contributed by atoms with van der Waals surface area (Å²) in [6.07, 6.45) is 0. The monoisotopic (exact) mass is 459 g/mol. The van der Waals surface area contributed by atoms with Crippen LogP contribution in [0.2, 0.25) is 0 Å². The fraction of sp³-hybridized carbons (Fsp3) is 0.368. The van der Waals surface area contributed by atoms with Crippen LogP contribution >= 0.6 is 28.3 Å². The molecule has 148 valence electrons. The lowest BCUT2D eigenvalue weighted by molar-refractivity contribution is 0.174. The molecule has 6 nitrogen and oxygen atoms in total. The van der Waals surface area contributed by atoms with E-state index in [4.69, 9.17) is 23.7 Å². The van der Waals surface area contributed by atoms with Gasteiger partial charge in [0.15, 0.2) is 23.0 Å². The van der Waals surface area contributed by atoms with Crippen LogP contribution in [0.4, 0.5) is 0 Å². The van der Waals surface area contributed by atoms with E-state index in [2.05, 4.69) is 21.2 Å². The van der Waals surface area contributed by atoms with Crippen molar-refractivity contribution in [3.05, 3.63) is 45.9 Å². The van der Waals surface area contributed by atoms with Gasteiger partial charge in [0, 0.05) is 20.2 Å². The van der Waals surface area contributed by atoms with Gasteiger partial charge >= 0.3 is 0 Å². The molecule has 0 amide bonds. The van der Waals surface area contributed by atoms with Gasteiger partial charge in [0.05, 0.1) is 18.2 Å². The van der Waals surface area contributed by atoms with Crippen molar-refractivity contribution in [3.63, 3.8) is 0 Å². The fourth-order valence-electron chi connectivity index (χ4n) is 2.61. The Morgan fingerprint density at radius 3 is 2.67 bits per heavy atom. The Bertz CT molecular complexity index is 759. The summed E-state index contributed by atoms with van der Waals surface area (Å²) in [5, 5.41) is 3.31. The molecule has 0 atom stereocenters. The van der Waals surface area contributed by atoms with Crippen LogP contribution in [0, 0.1) is 0 Å². The maximum Gasteiger partial charge on any atom is 0.231 e. The summed E-state index contributed by atoms with van der Waals surface area (Å²) in [6.45, 7) is 2.85. The first-order chi connectivity index (χ1) is 12.7. The van der Waals surface area contributed by atoms with E-state index < -0.39 is 0 Å². The average Bonchev–Trinajstić information content (AvgIpc) is 3.11. The van der Waals surface area contributed by atoms with E-state index in [9.17, 15) is 0 Å². The minimum Gasteiger partial charge on any atom is -0.493 e. The van der Waals surface area contributed by atoms with E-state index >= 15 is 0 Å². The largest absolute Gasteiger partial charge is 0.493 e. The van der Waals surface area contributed by atoms with Crippen molar-refractivity contribution in [2.75, 3.05) is 34.2 Å². The van der Waals surface area contributed by atoms with Gasteiger partial charge in [-0.25, -0.2) is 0 Å². The van der Waals surface area contributed by atoms with E-state index in [0.29, 0.717) is 24.7 Å². The summed E-state index contributed by atoms with van der Waals surface area (Å²) in [7, 11) is 3.32. The smallest absolute Gasteiger partial charge is 0.231 e. The molecule has 8 heteroatoms. The predicted octanol–water partition coefficient (Wildman–Crippen LogP) is 3.92. The van der Waals surface area contributed by atoms with Crippen LogP contribution in [-0.4, -0.2) is 34.2 Å². The van der Waals surface area contributed by atoms with Gasteiger partial charge in [0.2, 0.25) is 6.79 Å². The second kappa shape index (κ2) is 10.6. The van der Waals surface area contributed by atoms with Crippen LogP contribution < -0.4 is 24.3 Å². The highest BCUT2D eigenvalue weighted by molar-refractivity contribution is 9.10. The van der Waals surface area contributed by atoms with E-state index in [0.717, 1.165) is 40.2 Å². The van der Waals surface area contributed by atoms with Crippen molar-refractivity contribution in [2.45, 2.75) is 13.2 Å². The van der Waals surface area contributed by atoms with Crippen LogP contribution in [0.25, 0.3) is 0 Å².